The van der Waals surface area contributed by atoms with Crippen molar-refractivity contribution in [3.63, 3.8) is 0 Å². The maximum atomic E-state index is 5.78. The van der Waals surface area contributed by atoms with Crippen molar-refractivity contribution in [3.05, 3.63) is 55.1 Å². The molecule has 1 aromatic rings. The molecule has 0 aliphatic carbocycles. The van der Waals surface area contributed by atoms with Crippen LogP contribution in [0.25, 0.3) is 0 Å². The molecule has 0 saturated heterocycles. The van der Waals surface area contributed by atoms with E-state index >= 15 is 0 Å². The zero-order valence-corrected chi connectivity index (χ0v) is 10.6. The molecule has 17 heavy (non-hydrogen) atoms. The minimum atomic E-state index is 0.452. The molecule has 0 aromatic heterocycles. The average molecular weight is 230 g/mol. The van der Waals surface area contributed by atoms with E-state index in [4.69, 9.17) is 5.73 Å². The minimum absolute atomic E-state index is 0.452. The molecule has 0 aliphatic rings. The van der Waals surface area contributed by atoms with E-state index in [1.807, 2.05) is 30.4 Å². The predicted molar refractivity (Wildman–Crippen MR) is 76.0 cm³/mol. The van der Waals surface area contributed by atoms with Crippen molar-refractivity contribution in [3.8, 4) is 0 Å². The Bertz CT molecular complexity index is 361. The Kier molecular flexibility index (Phi) is 5.50. The van der Waals surface area contributed by atoms with Gasteiger partial charge in [0.05, 0.1) is 0 Å². The second kappa shape index (κ2) is 6.92. The van der Waals surface area contributed by atoms with Gasteiger partial charge in [-0.15, -0.1) is 13.2 Å². The monoisotopic (exact) mass is 230 g/mol. The van der Waals surface area contributed by atoms with E-state index in [1.54, 1.807) is 0 Å². The predicted octanol–water partition coefficient (Wildman–Crippen LogP) is 2.87. The fraction of sp³-hybridized carbons (Fsp3) is 0.333. The first-order chi connectivity index (χ1) is 8.17. The number of benzene rings is 1. The van der Waals surface area contributed by atoms with Crippen LogP contribution in [0.3, 0.4) is 0 Å². The van der Waals surface area contributed by atoms with Gasteiger partial charge in [0.2, 0.25) is 0 Å². The molecule has 0 saturated carbocycles. The lowest BCUT2D eigenvalue weighted by Crippen LogP contribution is -2.34. The molecule has 0 fully saturated rings. The Morgan fingerprint density at radius 1 is 1.29 bits per heavy atom. The first-order valence-electron chi connectivity index (χ1n) is 5.97. The summed E-state index contributed by atoms with van der Waals surface area (Å²) in [6.45, 7) is 11.6. The molecule has 0 aliphatic heterocycles. The molecular weight excluding hydrogens is 208 g/mol. The summed E-state index contributed by atoms with van der Waals surface area (Å²) in [5, 5.41) is 0. The lowest BCUT2D eigenvalue weighted by Gasteiger charge is -2.26. The van der Waals surface area contributed by atoms with Crippen molar-refractivity contribution in [2.75, 3.05) is 18.8 Å². The molecule has 1 aromatic carbocycles. The van der Waals surface area contributed by atoms with Gasteiger partial charge in [-0.05, 0) is 31.0 Å². The topological polar surface area (TPSA) is 29.3 Å². The van der Waals surface area contributed by atoms with Crippen molar-refractivity contribution in [2.24, 2.45) is 0 Å². The fourth-order valence-electron chi connectivity index (χ4n) is 1.96. The molecule has 2 nitrogen and oxygen atoms in total. The van der Waals surface area contributed by atoms with Crippen molar-refractivity contribution in [1.82, 2.24) is 4.90 Å². The molecule has 0 radical (unpaired) electrons. The van der Waals surface area contributed by atoms with Gasteiger partial charge in [-0.3, -0.25) is 4.90 Å². The maximum absolute atomic E-state index is 5.78. The van der Waals surface area contributed by atoms with Crippen molar-refractivity contribution in [1.29, 1.82) is 0 Å². The van der Waals surface area contributed by atoms with E-state index < -0.39 is 0 Å². The third-order valence-corrected chi connectivity index (χ3v) is 2.83. The van der Waals surface area contributed by atoms with Crippen LogP contribution < -0.4 is 5.73 Å². The van der Waals surface area contributed by atoms with Crippen molar-refractivity contribution in [2.45, 2.75) is 19.4 Å². The van der Waals surface area contributed by atoms with Gasteiger partial charge >= 0.3 is 0 Å². The van der Waals surface area contributed by atoms with Gasteiger partial charge in [-0.25, -0.2) is 0 Å². The van der Waals surface area contributed by atoms with Gasteiger partial charge in [0.25, 0.3) is 0 Å². The molecule has 2 heteroatoms. The summed E-state index contributed by atoms with van der Waals surface area (Å²) in [5.41, 5.74) is 7.88. The number of anilines is 1. The summed E-state index contributed by atoms with van der Waals surface area (Å²) in [6.07, 6.45) is 4.85. The zero-order chi connectivity index (χ0) is 12.7. The van der Waals surface area contributed by atoms with Gasteiger partial charge in [-0.2, -0.15) is 0 Å². The van der Waals surface area contributed by atoms with Crippen LogP contribution in [0, 0.1) is 0 Å². The Labute approximate surface area is 104 Å². The number of nitrogens with zero attached hydrogens (tertiary/aromatic N) is 1. The minimum Gasteiger partial charge on any atom is -0.399 e. The van der Waals surface area contributed by atoms with Crippen LogP contribution in [0.5, 0.6) is 0 Å². The standard InChI is InChI=1S/C15H22N2/c1-4-9-17(10-5-2)13(3)11-14-7-6-8-15(16)12-14/h4-8,12-13H,1-2,9-11,16H2,3H3. The second-order valence-corrected chi connectivity index (χ2v) is 4.33. The van der Waals surface area contributed by atoms with E-state index in [0.717, 1.165) is 25.2 Å². The van der Waals surface area contributed by atoms with E-state index in [9.17, 15) is 0 Å². The van der Waals surface area contributed by atoms with Gasteiger partial charge in [-0.1, -0.05) is 24.3 Å². The van der Waals surface area contributed by atoms with E-state index in [-0.39, 0.29) is 0 Å². The van der Waals surface area contributed by atoms with Crippen molar-refractivity contribution >= 4 is 5.69 Å². The Morgan fingerprint density at radius 2 is 1.94 bits per heavy atom. The van der Waals surface area contributed by atoms with Crippen molar-refractivity contribution < 1.29 is 0 Å². The van der Waals surface area contributed by atoms with Crippen LogP contribution in [0.2, 0.25) is 0 Å². The van der Waals surface area contributed by atoms with Gasteiger partial charge < -0.3 is 5.73 Å². The van der Waals surface area contributed by atoms with Crippen LogP contribution in [-0.2, 0) is 6.42 Å². The van der Waals surface area contributed by atoms with E-state index in [1.165, 1.54) is 5.56 Å². The van der Waals surface area contributed by atoms with Crippen LogP contribution in [0.1, 0.15) is 12.5 Å². The number of hydrogen-bond acceptors (Lipinski definition) is 2. The first-order valence-corrected chi connectivity index (χ1v) is 5.97. The normalized spacial score (nSPS) is 12.4. The highest BCUT2D eigenvalue weighted by molar-refractivity contribution is 5.40. The van der Waals surface area contributed by atoms with E-state index in [2.05, 4.69) is 31.0 Å². The molecule has 1 unspecified atom stereocenters. The van der Waals surface area contributed by atoms with E-state index in [0.29, 0.717) is 6.04 Å². The fourth-order valence-corrected chi connectivity index (χ4v) is 1.96. The Morgan fingerprint density at radius 3 is 2.47 bits per heavy atom. The molecule has 0 amide bonds. The molecule has 92 valence electrons. The third kappa shape index (κ3) is 4.45. The lowest BCUT2D eigenvalue weighted by molar-refractivity contribution is 0.255. The zero-order valence-electron chi connectivity index (χ0n) is 10.6. The summed E-state index contributed by atoms with van der Waals surface area (Å²) in [7, 11) is 0. The molecular formula is C15H22N2. The number of nitrogens with two attached hydrogens (primary N) is 1. The highest BCUT2D eigenvalue weighted by Crippen LogP contribution is 2.12. The smallest absolute Gasteiger partial charge is 0.0316 e. The average Bonchev–Trinajstić information content (AvgIpc) is 2.28. The van der Waals surface area contributed by atoms with Crippen LogP contribution >= 0.6 is 0 Å². The maximum Gasteiger partial charge on any atom is 0.0316 e. The molecule has 0 spiro atoms. The SMILES string of the molecule is C=CCN(CC=C)C(C)Cc1cccc(N)c1. The first kappa shape index (κ1) is 13.5. The van der Waals surface area contributed by atoms with Gasteiger partial charge in [0.15, 0.2) is 0 Å². The highest BCUT2D eigenvalue weighted by atomic mass is 15.1. The van der Waals surface area contributed by atoms with Crippen LogP contribution in [0.15, 0.2) is 49.6 Å². The highest BCUT2D eigenvalue weighted by Gasteiger charge is 2.11. The summed E-state index contributed by atoms with van der Waals surface area (Å²) >= 11 is 0. The Balaban J connectivity index is 2.65. The molecule has 0 heterocycles. The Hall–Kier alpha value is -1.54. The lowest BCUT2D eigenvalue weighted by atomic mass is 10.1. The van der Waals surface area contributed by atoms with Crippen LogP contribution in [-0.4, -0.2) is 24.0 Å². The molecule has 0 bridgehead atoms. The second-order valence-electron chi connectivity index (χ2n) is 4.33. The molecule has 2 N–H and O–H groups in total. The number of rotatable bonds is 7. The summed E-state index contributed by atoms with van der Waals surface area (Å²) in [5.74, 6) is 0. The summed E-state index contributed by atoms with van der Waals surface area (Å²) in [6, 6.07) is 8.53. The van der Waals surface area contributed by atoms with Gasteiger partial charge in [0, 0.05) is 24.8 Å². The summed E-state index contributed by atoms with van der Waals surface area (Å²) < 4.78 is 0. The summed E-state index contributed by atoms with van der Waals surface area (Å²) in [4.78, 5) is 2.34. The van der Waals surface area contributed by atoms with Gasteiger partial charge in [0.1, 0.15) is 0 Å². The quantitative estimate of drug-likeness (QED) is 0.576. The largest absolute Gasteiger partial charge is 0.399 e. The molecule has 1 atom stereocenters. The third-order valence-electron chi connectivity index (χ3n) is 2.83. The molecule has 1 rings (SSSR count). The number of hydrogen-bond donors (Lipinski definition) is 1. The van der Waals surface area contributed by atoms with Crippen LogP contribution in [0.4, 0.5) is 5.69 Å². The number of nitrogen functional groups attached to an aromatic ring is 1.